The highest BCUT2D eigenvalue weighted by molar-refractivity contribution is 7.18. The van der Waals surface area contributed by atoms with Gasteiger partial charge in [0.15, 0.2) is 5.13 Å². The molecular formula is C11H17N3O2S. The summed E-state index contributed by atoms with van der Waals surface area (Å²) < 4.78 is 0. The molecule has 1 aromatic rings. The molecule has 1 heterocycles. The SMILES string of the molecule is CCC1CCCCC1Nc1ncc([N+](=O)[O-])s1. The number of nitrogens with one attached hydrogen (secondary N) is 1. The maximum Gasteiger partial charge on any atom is 0.345 e. The zero-order valence-electron chi connectivity index (χ0n) is 9.89. The van der Waals surface area contributed by atoms with E-state index in [-0.39, 0.29) is 9.92 Å². The zero-order chi connectivity index (χ0) is 12.3. The number of rotatable bonds is 4. The first kappa shape index (κ1) is 12.3. The van der Waals surface area contributed by atoms with Crippen LogP contribution in [0.25, 0.3) is 0 Å². The fourth-order valence-electron chi connectivity index (χ4n) is 2.46. The van der Waals surface area contributed by atoms with Crippen LogP contribution < -0.4 is 5.32 Å². The van der Waals surface area contributed by atoms with Crippen molar-refractivity contribution in [2.24, 2.45) is 5.92 Å². The van der Waals surface area contributed by atoms with Gasteiger partial charge in [-0.3, -0.25) is 10.1 Å². The lowest BCUT2D eigenvalue weighted by molar-refractivity contribution is -0.380. The van der Waals surface area contributed by atoms with Gasteiger partial charge < -0.3 is 5.32 Å². The van der Waals surface area contributed by atoms with Crippen molar-refractivity contribution in [3.05, 3.63) is 16.3 Å². The Bertz CT molecular complexity index is 394. The van der Waals surface area contributed by atoms with Gasteiger partial charge in [-0.15, -0.1) is 0 Å². The Balaban J connectivity index is 2.00. The molecule has 5 nitrogen and oxygen atoms in total. The number of nitro groups is 1. The molecule has 1 N–H and O–H groups in total. The third kappa shape index (κ3) is 2.94. The molecule has 0 aromatic carbocycles. The minimum atomic E-state index is -0.388. The molecule has 1 fully saturated rings. The van der Waals surface area contributed by atoms with Crippen LogP contribution in [0.2, 0.25) is 0 Å². The molecule has 2 unspecified atom stereocenters. The predicted octanol–water partition coefficient (Wildman–Crippen LogP) is 3.43. The van der Waals surface area contributed by atoms with Crippen LogP contribution in [0.15, 0.2) is 6.20 Å². The smallest absolute Gasteiger partial charge is 0.345 e. The molecule has 0 spiro atoms. The highest BCUT2D eigenvalue weighted by Crippen LogP contribution is 2.32. The first-order valence-corrected chi connectivity index (χ1v) is 6.89. The van der Waals surface area contributed by atoms with Gasteiger partial charge >= 0.3 is 5.00 Å². The zero-order valence-corrected chi connectivity index (χ0v) is 10.7. The fourth-order valence-corrected chi connectivity index (χ4v) is 3.16. The van der Waals surface area contributed by atoms with Crippen molar-refractivity contribution < 1.29 is 4.92 Å². The van der Waals surface area contributed by atoms with Crippen molar-refractivity contribution >= 4 is 21.5 Å². The lowest BCUT2D eigenvalue weighted by Gasteiger charge is -2.31. The Morgan fingerprint density at radius 3 is 3.00 bits per heavy atom. The van der Waals surface area contributed by atoms with Gasteiger partial charge in [-0.05, 0) is 30.1 Å². The molecule has 0 amide bonds. The summed E-state index contributed by atoms with van der Waals surface area (Å²) in [5.74, 6) is 0.673. The van der Waals surface area contributed by atoms with Gasteiger partial charge in [0.25, 0.3) is 0 Å². The quantitative estimate of drug-likeness (QED) is 0.661. The highest BCUT2D eigenvalue weighted by atomic mass is 32.1. The summed E-state index contributed by atoms with van der Waals surface area (Å²) in [5.41, 5.74) is 0. The summed E-state index contributed by atoms with van der Waals surface area (Å²) >= 11 is 1.13. The molecule has 1 aliphatic carbocycles. The van der Waals surface area contributed by atoms with Crippen molar-refractivity contribution in [3.63, 3.8) is 0 Å². The van der Waals surface area contributed by atoms with Gasteiger partial charge in [0, 0.05) is 6.04 Å². The lowest BCUT2D eigenvalue weighted by Crippen LogP contribution is -2.31. The van der Waals surface area contributed by atoms with Crippen molar-refractivity contribution in [1.82, 2.24) is 4.98 Å². The van der Waals surface area contributed by atoms with E-state index in [9.17, 15) is 10.1 Å². The van der Waals surface area contributed by atoms with E-state index in [1.165, 1.54) is 25.5 Å². The minimum Gasteiger partial charge on any atom is -0.358 e. The molecule has 94 valence electrons. The van der Waals surface area contributed by atoms with Gasteiger partial charge in [0.1, 0.15) is 6.20 Å². The molecule has 1 aromatic heterocycles. The van der Waals surface area contributed by atoms with Crippen LogP contribution in [0.1, 0.15) is 39.0 Å². The molecule has 0 aliphatic heterocycles. The number of nitrogens with zero attached hydrogens (tertiary/aromatic N) is 2. The Morgan fingerprint density at radius 2 is 2.35 bits per heavy atom. The highest BCUT2D eigenvalue weighted by Gasteiger charge is 2.24. The molecule has 1 saturated carbocycles. The lowest BCUT2D eigenvalue weighted by atomic mass is 9.83. The van der Waals surface area contributed by atoms with Gasteiger partial charge in [-0.1, -0.05) is 26.2 Å². The molecule has 0 saturated heterocycles. The van der Waals surface area contributed by atoms with Crippen molar-refractivity contribution in [2.75, 3.05) is 5.32 Å². The Morgan fingerprint density at radius 1 is 1.59 bits per heavy atom. The summed E-state index contributed by atoms with van der Waals surface area (Å²) in [6, 6.07) is 0.430. The second-order valence-corrected chi connectivity index (χ2v) is 5.47. The third-order valence-corrected chi connectivity index (χ3v) is 4.30. The number of aromatic nitrogens is 1. The number of anilines is 1. The first-order valence-electron chi connectivity index (χ1n) is 6.07. The second kappa shape index (κ2) is 5.44. The molecule has 2 atom stereocenters. The van der Waals surface area contributed by atoms with E-state index in [1.807, 2.05) is 0 Å². The van der Waals surface area contributed by atoms with Crippen LogP contribution in [0.5, 0.6) is 0 Å². The maximum absolute atomic E-state index is 10.6. The first-order chi connectivity index (χ1) is 8.20. The van der Waals surface area contributed by atoms with E-state index in [2.05, 4.69) is 17.2 Å². The summed E-state index contributed by atoms with van der Waals surface area (Å²) in [6.45, 7) is 2.20. The average molecular weight is 255 g/mol. The van der Waals surface area contributed by atoms with Crippen molar-refractivity contribution in [1.29, 1.82) is 0 Å². The van der Waals surface area contributed by atoms with Crippen LogP contribution in [0.3, 0.4) is 0 Å². The largest absolute Gasteiger partial charge is 0.358 e. The molecule has 2 rings (SSSR count). The Labute approximate surface area is 104 Å². The van der Waals surface area contributed by atoms with Crippen LogP contribution in [-0.4, -0.2) is 15.9 Å². The van der Waals surface area contributed by atoms with E-state index >= 15 is 0 Å². The normalized spacial score (nSPS) is 24.5. The van der Waals surface area contributed by atoms with Crippen LogP contribution >= 0.6 is 11.3 Å². The Hall–Kier alpha value is -1.17. The van der Waals surface area contributed by atoms with Gasteiger partial charge in [0.2, 0.25) is 0 Å². The van der Waals surface area contributed by atoms with E-state index in [0.717, 1.165) is 24.2 Å². The number of hydrogen-bond acceptors (Lipinski definition) is 5. The topological polar surface area (TPSA) is 68.1 Å². The molecule has 0 radical (unpaired) electrons. The summed E-state index contributed by atoms with van der Waals surface area (Å²) in [5, 5.41) is 14.7. The summed E-state index contributed by atoms with van der Waals surface area (Å²) in [6.07, 6.45) is 7.42. The monoisotopic (exact) mass is 255 g/mol. The molecular weight excluding hydrogens is 238 g/mol. The Kier molecular flexibility index (Phi) is 3.93. The minimum absolute atomic E-state index is 0.108. The van der Waals surface area contributed by atoms with Gasteiger partial charge in [-0.2, -0.15) is 0 Å². The average Bonchev–Trinajstić information content (AvgIpc) is 2.78. The van der Waals surface area contributed by atoms with E-state index < -0.39 is 0 Å². The standard InChI is InChI=1S/C11H17N3O2S/c1-2-8-5-3-4-6-9(8)13-11-12-7-10(17-11)14(15)16/h7-9H,2-6H2,1H3,(H,12,13). The number of hydrogen-bond donors (Lipinski definition) is 1. The maximum atomic E-state index is 10.6. The van der Waals surface area contributed by atoms with Gasteiger partial charge in [-0.25, -0.2) is 4.98 Å². The molecule has 0 bridgehead atoms. The van der Waals surface area contributed by atoms with E-state index in [0.29, 0.717) is 17.1 Å². The van der Waals surface area contributed by atoms with E-state index in [1.54, 1.807) is 0 Å². The van der Waals surface area contributed by atoms with Crippen LogP contribution in [-0.2, 0) is 0 Å². The molecule has 1 aliphatic rings. The van der Waals surface area contributed by atoms with Crippen LogP contribution in [0.4, 0.5) is 10.1 Å². The fraction of sp³-hybridized carbons (Fsp3) is 0.727. The third-order valence-electron chi connectivity index (χ3n) is 3.42. The summed E-state index contributed by atoms with van der Waals surface area (Å²) in [7, 11) is 0. The van der Waals surface area contributed by atoms with Crippen molar-refractivity contribution in [2.45, 2.75) is 45.1 Å². The van der Waals surface area contributed by atoms with Crippen molar-refractivity contribution in [3.8, 4) is 0 Å². The second-order valence-electron chi connectivity index (χ2n) is 4.46. The predicted molar refractivity (Wildman–Crippen MR) is 68.4 cm³/mol. The van der Waals surface area contributed by atoms with Gasteiger partial charge in [0.05, 0.1) is 4.92 Å². The molecule has 17 heavy (non-hydrogen) atoms. The van der Waals surface area contributed by atoms with E-state index in [4.69, 9.17) is 0 Å². The summed E-state index contributed by atoms with van der Waals surface area (Å²) in [4.78, 5) is 14.3. The van der Waals surface area contributed by atoms with Crippen LogP contribution in [0, 0.1) is 16.0 Å². The number of thiazole rings is 1. The molecule has 6 heteroatoms.